The second-order valence-electron chi connectivity index (χ2n) is 3.74. The maximum Gasteiger partial charge on any atom is 0.235 e. The van der Waals surface area contributed by atoms with Gasteiger partial charge in [0.2, 0.25) is 6.08 Å². The van der Waals surface area contributed by atoms with Gasteiger partial charge in [0.1, 0.15) is 5.58 Å². The van der Waals surface area contributed by atoms with Crippen molar-refractivity contribution in [3.63, 3.8) is 0 Å². The first kappa shape index (κ1) is 10.7. The van der Waals surface area contributed by atoms with Crippen molar-refractivity contribution in [1.29, 1.82) is 0 Å². The molecular weight excluding hydrogens is 202 g/mol. The van der Waals surface area contributed by atoms with Crippen molar-refractivity contribution in [2.24, 2.45) is 4.99 Å². The number of aliphatic imine (C=N–C) groups is 1. The van der Waals surface area contributed by atoms with Crippen molar-refractivity contribution < 1.29 is 9.21 Å². The first-order valence-corrected chi connectivity index (χ1v) is 5.39. The molecule has 0 fully saturated rings. The summed E-state index contributed by atoms with van der Waals surface area (Å²) in [5.74, 6) is 0. The Bertz CT molecular complexity index is 523. The highest BCUT2D eigenvalue weighted by Crippen LogP contribution is 2.26. The van der Waals surface area contributed by atoms with Gasteiger partial charge in [-0.15, -0.1) is 0 Å². The normalized spacial score (nSPS) is 12.3. The average Bonchev–Trinajstić information content (AvgIpc) is 2.75. The van der Waals surface area contributed by atoms with E-state index in [1.807, 2.05) is 24.3 Å². The lowest BCUT2D eigenvalue weighted by atomic mass is 10.0. The molecule has 0 N–H and O–H groups in total. The number of hydrogen-bond acceptors (Lipinski definition) is 3. The van der Waals surface area contributed by atoms with Gasteiger partial charge in [0.15, 0.2) is 0 Å². The number of benzene rings is 1. The molecule has 82 valence electrons. The quantitative estimate of drug-likeness (QED) is 0.577. The Morgan fingerprint density at radius 1 is 1.44 bits per heavy atom. The summed E-state index contributed by atoms with van der Waals surface area (Å²) in [6.07, 6.45) is 5.15. The van der Waals surface area contributed by atoms with Crippen LogP contribution in [0.15, 0.2) is 39.9 Å². The minimum Gasteiger partial charge on any atom is -0.464 e. The summed E-state index contributed by atoms with van der Waals surface area (Å²) in [5, 5.41) is 1.04. The van der Waals surface area contributed by atoms with E-state index in [-0.39, 0.29) is 6.04 Å². The average molecular weight is 215 g/mol. The third-order valence-electron chi connectivity index (χ3n) is 2.63. The topological polar surface area (TPSA) is 42.6 Å². The van der Waals surface area contributed by atoms with Crippen LogP contribution in [0.25, 0.3) is 11.0 Å². The molecule has 2 aromatic rings. The van der Waals surface area contributed by atoms with Gasteiger partial charge in [0.25, 0.3) is 0 Å². The van der Waals surface area contributed by atoms with Crippen LogP contribution in [0.5, 0.6) is 0 Å². The van der Waals surface area contributed by atoms with E-state index in [4.69, 9.17) is 4.42 Å². The summed E-state index contributed by atoms with van der Waals surface area (Å²) in [4.78, 5) is 14.2. The first-order valence-electron chi connectivity index (χ1n) is 5.39. The molecule has 1 heterocycles. The summed E-state index contributed by atoms with van der Waals surface area (Å²) >= 11 is 0. The lowest BCUT2D eigenvalue weighted by Gasteiger charge is -2.09. The maximum absolute atomic E-state index is 10.4. The Morgan fingerprint density at radius 3 is 3.06 bits per heavy atom. The minimum atomic E-state index is -0.0817. The summed E-state index contributed by atoms with van der Waals surface area (Å²) in [6.45, 7) is 2.07. The van der Waals surface area contributed by atoms with Crippen LogP contribution in [0.4, 0.5) is 0 Å². The van der Waals surface area contributed by atoms with E-state index in [9.17, 15) is 4.79 Å². The molecule has 2 rings (SSSR count). The molecule has 3 heteroatoms. The standard InChI is InChI=1S/C13H13NO2/c1-2-3-12(14-9-15)10-4-5-13-11(8-10)6-7-16-13/h4-8,12H,2-3H2,1H3. The van der Waals surface area contributed by atoms with Crippen LogP contribution < -0.4 is 0 Å². The van der Waals surface area contributed by atoms with Crippen LogP contribution in [-0.2, 0) is 4.79 Å². The molecule has 1 aromatic heterocycles. The Balaban J connectivity index is 2.39. The van der Waals surface area contributed by atoms with E-state index < -0.39 is 0 Å². The summed E-state index contributed by atoms with van der Waals surface area (Å²) in [7, 11) is 0. The van der Waals surface area contributed by atoms with Crippen LogP contribution in [0, 0.1) is 0 Å². The van der Waals surface area contributed by atoms with E-state index in [1.54, 1.807) is 12.3 Å². The zero-order valence-electron chi connectivity index (χ0n) is 9.14. The van der Waals surface area contributed by atoms with Crippen LogP contribution in [-0.4, -0.2) is 6.08 Å². The molecule has 1 unspecified atom stereocenters. The number of fused-ring (bicyclic) bond motifs is 1. The van der Waals surface area contributed by atoms with Crippen LogP contribution in [0.1, 0.15) is 31.4 Å². The summed E-state index contributed by atoms with van der Waals surface area (Å²) < 4.78 is 5.26. The summed E-state index contributed by atoms with van der Waals surface area (Å²) in [5.41, 5.74) is 1.90. The molecule has 0 aliphatic carbocycles. The predicted molar refractivity (Wildman–Crippen MR) is 62.0 cm³/mol. The second kappa shape index (κ2) is 4.77. The molecular formula is C13H13NO2. The maximum atomic E-state index is 10.4. The fourth-order valence-electron chi connectivity index (χ4n) is 1.84. The molecule has 1 atom stereocenters. The van der Waals surface area contributed by atoms with Gasteiger partial charge in [-0.25, -0.2) is 4.79 Å². The third-order valence-corrected chi connectivity index (χ3v) is 2.63. The minimum absolute atomic E-state index is 0.0817. The van der Waals surface area contributed by atoms with Crippen molar-refractivity contribution in [2.45, 2.75) is 25.8 Å². The zero-order chi connectivity index (χ0) is 11.4. The lowest BCUT2D eigenvalue weighted by Crippen LogP contribution is -1.94. The molecule has 0 amide bonds. The van der Waals surface area contributed by atoms with Crippen LogP contribution in [0.3, 0.4) is 0 Å². The predicted octanol–water partition coefficient (Wildman–Crippen LogP) is 3.61. The van der Waals surface area contributed by atoms with Gasteiger partial charge < -0.3 is 4.42 Å². The molecule has 1 aromatic carbocycles. The Morgan fingerprint density at radius 2 is 2.31 bits per heavy atom. The lowest BCUT2D eigenvalue weighted by molar-refractivity contribution is 0.552. The Labute approximate surface area is 93.8 Å². The van der Waals surface area contributed by atoms with Crippen molar-refractivity contribution >= 4 is 17.0 Å². The molecule has 0 bridgehead atoms. The highest BCUT2D eigenvalue weighted by Gasteiger charge is 2.10. The molecule has 0 spiro atoms. The number of hydrogen-bond donors (Lipinski definition) is 0. The zero-order valence-corrected chi connectivity index (χ0v) is 9.14. The highest BCUT2D eigenvalue weighted by molar-refractivity contribution is 5.77. The number of rotatable bonds is 4. The van der Waals surface area contributed by atoms with Gasteiger partial charge in [-0.2, -0.15) is 4.99 Å². The number of isocyanates is 1. The SMILES string of the molecule is CCCC(N=C=O)c1ccc2occc2c1. The molecule has 0 saturated heterocycles. The fraction of sp³-hybridized carbons (Fsp3) is 0.308. The molecule has 0 aliphatic rings. The van der Waals surface area contributed by atoms with Crippen molar-refractivity contribution in [3.05, 3.63) is 36.1 Å². The van der Waals surface area contributed by atoms with E-state index >= 15 is 0 Å². The fourth-order valence-corrected chi connectivity index (χ4v) is 1.84. The van der Waals surface area contributed by atoms with Gasteiger partial charge in [0.05, 0.1) is 12.3 Å². The number of carbonyl (C=O) groups excluding carboxylic acids is 1. The number of furan rings is 1. The molecule has 16 heavy (non-hydrogen) atoms. The van der Waals surface area contributed by atoms with E-state index in [2.05, 4.69) is 11.9 Å². The first-order chi connectivity index (χ1) is 7.85. The molecule has 0 saturated carbocycles. The monoisotopic (exact) mass is 215 g/mol. The second-order valence-corrected chi connectivity index (χ2v) is 3.74. The number of nitrogens with zero attached hydrogens (tertiary/aromatic N) is 1. The molecule has 3 nitrogen and oxygen atoms in total. The van der Waals surface area contributed by atoms with Gasteiger partial charge >= 0.3 is 0 Å². The van der Waals surface area contributed by atoms with Gasteiger partial charge in [-0.3, -0.25) is 0 Å². The van der Waals surface area contributed by atoms with Crippen LogP contribution in [0.2, 0.25) is 0 Å². The van der Waals surface area contributed by atoms with Crippen molar-refractivity contribution in [1.82, 2.24) is 0 Å². The molecule has 0 aliphatic heterocycles. The Hall–Kier alpha value is -1.86. The highest BCUT2D eigenvalue weighted by atomic mass is 16.3. The van der Waals surface area contributed by atoms with E-state index in [0.717, 1.165) is 29.4 Å². The van der Waals surface area contributed by atoms with Crippen molar-refractivity contribution in [3.8, 4) is 0 Å². The largest absolute Gasteiger partial charge is 0.464 e. The van der Waals surface area contributed by atoms with Gasteiger partial charge in [-0.1, -0.05) is 19.4 Å². The van der Waals surface area contributed by atoms with E-state index in [0.29, 0.717) is 0 Å². The van der Waals surface area contributed by atoms with Crippen molar-refractivity contribution in [2.75, 3.05) is 0 Å². The Kier molecular flexibility index (Phi) is 3.18. The van der Waals surface area contributed by atoms with E-state index in [1.165, 1.54) is 0 Å². The van der Waals surface area contributed by atoms with Gasteiger partial charge in [0, 0.05) is 5.39 Å². The van der Waals surface area contributed by atoms with Gasteiger partial charge in [-0.05, 0) is 30.2 Å². The van der Waals surface area contributed by atoms with Crippen LogP contribution >= 0.6 is 0 Å². The molecule has 0 radical (unpaired) electrons. The summed E-state index contributed by atoms with van der Waals surface area (Å²) in [6, 6.07) is 7.70. The smallest absolute Gasteiger partial charge is 0.235 e. The third kappa shape index (κ3) is 2.05.